The summed E-state index contributed by atoms with van der Waals surface area (Å²) in [5.74, 6) is -0.876. The molecule has 1 aromatic carbocycles. The molecule has 0 radical (unpaired) electrons. The third kappa shape index (κ3) is 14.3. The van der Waals surface area contributed by atoms with Crippen molar-refractivity contribution in [2.24, 2.45) is 5.73 Å². The van der Waals surface area contributed by atoms with Crippen LogP contribution in [0.25, 0.3) is 0 Å². The van der Waals surface area contributed by atoms with Crippen molar-refractivity contribution < 1.29 is 52.3 Å². The monoisotopic (exact) mass is 623 g/mol. The molecule has 3 atom stereocenters. The Morgan fingerprint density at radius 2 is 1.34 bits per heavy atom. The quantitative estimate of drug-likeness (QED) is 0.0840. The molecule has 44 heavy (non-hydrogen) atoms. The molecule has 0 spiro atoms. The number of carbonyl (C=O) groups is 4. The predicted octanol–water partition coefficient (Wildman–Crippen LogP) is 6.77. The molecular formula is C32H49NO11. The van der Waals surface area contributed by atoms with Gasteiger partial charge in [0.2, 0.25) is 0 Å². The molecule has 1 unspecified atom stereocenters. The second-order valence-corrected chi connectivity index (χ2v) is 11.0. The van der Waals surface area contributed by atoms with Crippen LogP contribution in [-0.4, -0.2) is 62.0 Å². The molecule has 1 fully saturated rings. The van der Waals surface area contributed by atoms with E-state index in [0.717, 1.165) is 57.8 Å². The Hall–Kier alpha value is -3.54. The van der Waals surface area contributed by atoms with Gasteiger partial charge >= 0.3 is 24.4 Å². The zero-order valence-corrected chi connectivity index (χ0v) is 26.5. The molecule has 1 aliphatic carbocycles. The van der Waals surface area contributed by atoms with Crippen molar-refractivity contribution >= 4 is 24.4 Å². The molecule has 2 N–H and O–H groups in total. The largest absolute Gasteiger partial charge is 0.513 e. The number of unbranched alkanes of at least 4 members (excludes halogenated alkanes) is 4. The summed E-state index contributed by atoms with van der Waals surface area (Å²) in [7, 11) is 0. The van der Waals surface area contributed by atoms with Gasteiger partial charge in [0.1, 0.15) is 24.4 Å². The summed E-state index contributed by atoms with van der Waals surface area (Å²) >= 11 is 0. The molecule has 0 bridgehead atoms. The van der Waals surface area contributed by atoms with Crippen molar-refractivity contribution in [1.29, 1.82) is 0 Å². The number of hydrogen-bond donors (Lipinski definition) is 1. The maximum absolute atomic E-state index is 12.7. The lowest BCUT2D eigenvalue weighted by Gasteiger charge is -2.25. The summed E-state index contributed by atoms with van der Waals surface area (Å²) in [5.41, 5.74) is 6.62. The summed E-state index contributed by atoms with van der Waals surface area (Å²) in [4.78, 5) is 49.4. The van der Waals surface area contributed by atoms with Crippen LogP contribution in [0.3, 0.4) is 0 Å². The third-order valence-corrected chi connectivity index (χ3v) is 7.15. The Kier molecular flexibility index (Phi) is 17.0. The zero-order valence-electron chi connectivity index (χ0n) is 26.5. The Morgan fingerprint density at radius 3 is 1.93 bits per heavy atom. The van der Waals surface area contributed by atoms with Gasteiger partial charge in [0.05, 0.1) is 13.2 Å². The van der Waals surface area contributed by atoms with Gasteiger partial charge < -0.3 is 38.9 Å². The van der Waals surface area contributed by atoms with Crippen molar-refractivity contribution in [2.45, 2.75) is 129 Å². The molecule has 248 valence electrons. The van der Waals surface area contributed by atoms with E-state index in [2.05, 4.69) is 0 Å². The zero-order chi connectivity index (χ0) is 32.3. The van der Waals surface area contributed by atoms with Crippen LogP contribution >= 0.6 is 0 Å². The molecule has 2 rings (SSSR count). The fraction of sp³-hybridized carbons (Fsp3) is 0.688. The van der Waals surface area contributed by atoms with E-state index in [4.69, 9.17) is 38.9 Å². The number of nitrogens with two attached hydrogens (primary N) is 1. The molecule has 0 heterocycles. The number of esters is 1. The van der Waals surface area contributed by atoms with Crippen molar-refractivity contribution in [3.63, 3.8) is 0 Å². The van der Waals surface area contributed by atoms with E-state index in [1.165, 1.54) is 12.1 Å². The summed E-state index contributed by atoms with van der Waals surface area (Å²) in [6, 6.07) is 3.32. The number of ether oxygens (including phenoxy) is 7. The van der Waals surface area contributed by atoms with Crippen LogP contribution in [0.1, 0.15) is 104 Å². The molecule has 1 saturated carbocycles. The molecule has 1 aromatic rings. The smallest absolute Gasteiger partial charge is 0.458 e. The van der Waals surface area contributed by atoms with Gasteiger partial charge in [0, 0.05) is 0 Å². The second kappa shape index (κ2) is 20.4. The van der Waals surface area contributed by atoms with E-state index in [1.807, 2.05) is 13.8 Å². The van der Waals surface area contributed by atoms with Gasteiger partial charge in [-0.05, 0) is 76.5 Å². The Labute approximate surface area is 260 Å². The highest BCUT2D eigenvalue weighted by Gasteiger charge is 2.27. The van der Waals surface area contributed by atoms with Crippen molar-refractivity contribution in [1.82, 2.24) is 0 Å². The van der Waals surface area contributed by atoms with E-state index < -0.39 is 42.7 Å². The molecule has 0 aromatic heterocycles. The molecular weight excluding hydrogens is 574 g/mol. The van der Waals surface area contributed by atoms with Gasteiger partial charge in [0.15, 0.2) is 11.5 Å². The number of carbonyl (C=O) groups excluding carboxylic acids is 4. The van der Waals surface area contributed by atoms with Gasteiger partial charge in [-0.25, -0.2) is 14.4 Å². The summed E-state index contributed by atoms with van der Waals surface area (Å²) < 4.78 is 36.9. The first kappa shape index (κ1) is 36.7. The standard InChI is InChI=1S/C32H49NO11/c1-5-7-12-18-38-30(35)43-27-17-16-24(21-28(27)44-31(36)39-19-13-8-6-2)20-26(33)29(34)40-22(3)23(4)41-32(37)42-25-14-10-9-11-15-25/h16-17,21-23,25-26H,5-15,18-20,33H2,1-4H3/t22-,23?,26-/m0/s1. The average Bonchev–Trinajstić information content (AvgIpc) is 2.99. The lowest BCUT2D eigenvalue weighted by molar-refractivity contribution is -0.155. The van der Waals surface area contributed by atoms with Crippen LogP contribution in [0.5, 0.6) is 11.5 Å². The molecule has 0 aliphatic heterocycles. The number of benzene rings is 1. The Balaban J connectivity index is 1.98. The average molecular weight is 624 g/mol. The van der Waals surface area contributed by atoms with E-state index in [9.17, 15) is 19.2 Å². The van der Waals surface area contributed by atoms with Crippen LogP contribution in [0, 0.1) is 0 Å². The first-order valence-electron chi connectivity index (χ1n) is 15.8. The second-order valence-electron chi connectivity index (χ2n) is 11.0. The lowest BCUT2D eigenvalue weighted by atomic mass is 9.98. The molecule has 0 amide bonds. The van der Waals surface area contributed by atoms with Gasteiger partial charge in [-0.15, -0.1) is 0 Å². The molecule has 0 saturated heterocycles. The summed E-state index contributed by atoms with van der Waals surface area (Å²) in [5, 5.41) is 0. The molecule has 12 heteroatoms. The molecule has 1 aliphatic rings. The van der Waals surface area contributed by atoms with E-state index >= 15 is 0 Å². The van der Waals surface area contributed by atoms with Crippen LogP contribution in [-0.2, 0) is 34.9 Å². The highest BCUT2D eigenvalue weighted by atomic mass is 16.8. The highest BCUT2D eigenvalue weighted by molar-refractivity contribution is 5.76. The van der Waals surface area contributed by atoms with E-state index in [0.29, 0.717) is 18.4 Å². The van der Waals surface area contributed by atoms with Crippen molar-refractivity contribution in [2.75, 3.05) is 13.2 Å². The minimum atomic E-state index is -1.09. The fourth-order valence-corrected chi connectivity index (χ4v) is 4.40. The lowest BCUT2D eigenvalue weighted by Crippen LogP contribution is -2.39. The van der Waals surface area contributed by atoms with Crippen LogP contribution in [0.15, 0.2) is 18.2 Å². The van der Waals surface area contributed by atoms with E-state index in [-0.39, 0.29) is 37.2 Å². The topological polar surface area (TPSA) is 159 Å². The first-order valence-corrected chi connectivity index (χ1v) is 15.8. The van der Waals surface area contributed by atoms with Gasteiger partial charge in [-0.1, -0.05) is 52.0 Å². The minimum Gasteiger partial charge on any atom is -0.458 e. The van der Waals surface area contributed by atoms with Gasteiger partial charge in [0.25, 0.3) is 0 Å². The highest BCUT2D eigenvalue weighted by Crippen LogP contribution is 2.30. The Bertz CT molecular complexity index is 1040. The van der Waals surface area contributed by atoms with Gasteiger partial charge in [-0.2, -0.15) is 0 Å². The minimum absolute atomic E-state index is 0.00810. The van der Waals surface area contributed by atoms with Crippen LogP contribution in [0.2, 0.25) is 0 Å². The fourth-order valence-electron chi connectivity index (χ4n) is 4.40. The third-order valence-electron chi connectivity index (χ3n) is 7.15. The first-order chi connectivity index (χ1) is 21.1. The number of rotatable bonds is 17. The maximum Gasteiger partial charge on any atom is 0.513 e. The SMILES string of the molecule is CCCCCOC(=O)Oc1ccc(C[C@H](N)C(=O)O[C@@H](C)C(C)OC(=O)OC2CCCCC2)cc1OC(=O)OCCCCC. The Morgan fingerprint density at radius 1 is 0.773 bits per heavy atom. The summed E-state index contributed by atoms with van der Waals surface area (Å²) in [6.45, 7) is 7.62. The van der Waals surface area contributed by atoms with E-state index in [1.54, 1.807) is 19.9 Å². The van der Waals surface area contributed by atoms with Crippen molar-refractivity contribution in [3.8, 4) is 11.5 Å². The predicted molar refractivity (Wildman–Crippen MR) is 161 cm³/mol. The molecule has 12 nitrogen and oxygen atoms in total. The maximum atomic E-state index is 12.7. The van der Waals surface area contributed by atoms with Crippen LogP contribution < -0.4 is 15.2 Å². The number of hydrogen-bond acceptors (Lipinski definition) is 12. The van der Waals surface area contributed by atoms with Gasteiger partial charge in [-0.3, -0.25) is 4.79 Å². The van der Waals surface area contributed by atoms with Crippen LogP contribution in [0.4, 0.5) is 14.4 Å². The normalized spacial score (nSPS) is 15.3. The summed E-state index contributed by atoms with van der Waals surface area (Å²) in [6.07, 6.45) is 5.48. The van der Waals surface area contributed by atoms with Crippen molar-refractivity contribution in [3.05, 3.63) is 23.8 Å².